The van der Waals surface area contributed by atoms with E-state index in [2.05, 4.69) is 10.6 Å². The maximum Gasteiger partial charge on any atom is 0.325 e. The van der Waals surface area contributed by atoms with Crippen LogP contribution in [0, 0.1) is 0 Å². The molecule has 2 aliphatic heterocycles. The number of nitrogens with one attached hydrogen (secondary N) is 2. The average molecular weight is 254 g/mol. The molecule has 2 heterocycles. The van der Waals surface area contributed by atoms with Crippen molar-refractivity contribution in [2.75, 3.05) is 33.2 Å². The topological polar surface area (TPSA) is 81.8 Å². The molecule has 0 aromatic carbocycles. The van der Waals surface area contributed by atoms with E-state index >= 15 is 0 Å². The standard InChI is InChI=1S/C11H18N4O3/c1-3-14(2)8(16)6-15-9(17)11(13-10(15)18)4-5-12-7-11/h12H,3-7H2,1-2H3,(H,13,18). The molecule has 100 valence electrons. The van der Waals surface area contributed by atoms with Crippen LogP contribution < -0.4 is 10.6 Å². The lowest BCUT2D eigenvalue weighted by Crippen LogP contribution is -2.49. The first kappa shape index (κ1) is 12.8. The van der Waals surface area contributed by atoms with E-state index in [1.54, 1.807) is 7.05 Å². The van der Waals surface area contributed by atoms with Crippen molar-refractivity contribution in [3.05, 3.63) is 0 Å². The van der Waals surface area contributed by atoms with Gasteiger partial charge < -0.3 is 15.5 Å². The number of hydrogen-bond donors (Lipinski definition) is 2. The molecule has 1 unspecified atom stereocenters. The fourth-order valence-corrected chi connectivity index (χ4v) is 2.23. The van der Waals surface area contributed by atoms with Crippen LogP contribution in [0.15, 0.2) is 0 Å². The molecule has 0 aliphatic carbocycles. The number of rotatable bonds is 3. The van der Waals surface area contributed by atoms with E-state index in [9.17, 15) is 14.4 Å². The number of hydrogen-bond acceptors (Lipinski definition) is 4. The van der Waals surface area contributed by atoms with Gasteiger partial charge in [0, 0.05) is 20.1 Å². The molecule has 0 bridgehead atoms. The third-order valence-electron chi connectivity index (χ3n) is 3.59. The van der Waals surface area contributed by atoms with Crippen molar-refractivity contribution in [2.45, 2.75) is 18.9 Å². The van der Waals surface area contributed by atoms with Gasteiger partial charge in [0.1, 0.15) is 12.1 Å². The summed E-state index contributed by atoms with van der Waals surface area (Å²) in [5.41, 5.74) is -0.831. The normalized spacial score (nSPS) is 26.9. The van der Waals surface area contributed by atoms with Crippen LogP contribution in [0.4, 0.5) is 4.79 Å². The van der Waals surface area contributed by atoms with Gasteiger partial charge in [-0.15, -0.1) is 0 Å². The zero-order valence-electron chi connectivity index (χ0n) is 10.7. The van der Waals surface area contributed by atoms with E-state index < -0.39 is 11.6 Å². The predicted octanol–water partition coefficient (Wildman–Crippen LogP) is -1.25. The molecule has 7 heteroatoms. The molecule has 4 amide bonds. The number of amides is 4. The number of imide groups is 1. The van der Waals surface area contributed by atoms with E-state index in [1.807, 2.05) is 6.92 Å². The first-order chi connectivity index (χ1) is 8.50. The highest BCUT2D eigenvalue weighted by Crippen LogP contribution is 2.24. The number of carbonyl (C=O) groups is 3. The molecule has 2 aliphatic rings. The minimum atomic E-state index is -0.831. The zero-order chi connectivity index (χ0) is 13.3. The second-order valence-electron chi connectivity index (χ2n) is 4.74. The minimum Gasteiger partial charge on any atom is -0.344 e. The summed E-state index contributed by atoms with van der Waals surface area (Å²) in [6.45, 7) is 3.34. The van der Waals surface area contributed by atoms with Gasteiger partial charge in [0.2, 0.25) is 5.91 Å². The molecule has 0 radical (unpaired) electrons. The van der Waals surface area contributed by atoms with Crippen LogP contribution in [-0.4, -0.2) is 66.4 Å². The summed E-state index contributed by atoms with van der Waals surface area (Å²) >= 11 is 0. The van der Waals surface area contributed by atoms with Crippen molar-refractivity contribution in [1.82, 2.24) is 20.4 Å². The van der Waals surface area contributed by atoms with Gasteiger partial charge in [-0.2, -0.15) is 0 Å². The average Bonchev–Trinajstić information content (AvgIpc) is 2.90. The summed E-state index contributed by atoms with van der Waals surface area (Å²) in [6.07, 6.45) is 0.575. The highest BCUT2D eigenvalue weighted by Gasteiger charge is 2.53. The fourth-order valence-electron chi connectivity index (χ4n) is 2.23. The van der Waals surface area contributed by atoms with Gasteiger partial charge in [-0.05, 0) is 19.9 Å². The Kier molecular flexibility index (Phi) is 3.25. The smallest absolute Gasteiger partial charge is 0.325 e. The molecule has 2 N–H and O–H groups in total. The molecule has 0 aromatic rings. The van der Waals surface area contributed by atoms with Crippen LogP contribution >= 0.6 is 0 Å². The third kappa shape index (κ3) is 1.94. The molecular formula is C11H18N4O3. The summed E-state index contributed by atoms with van der Waals surface area (Å²) in [6, 6.07) is -0.471. The largest absolute Gasteiger partial charge is 0.344 e. The van der Waals surface area contributed by atoms with Crippen LogP contribution in [0.1, 0.15) is 13.3 Å². The van der Waals surface area contributed by atoms with Crippen LogP contribution in [0.25, 0.3) is 0 Å². The number of carbonyl (C=O) groups excluding carboxylic acids is 3. The van der Waals surface area contributed by atoms with E-state index in [4.69, 9.17) is 0 Å². The van der Waals surface area contributed by atoms with Gasteiger partial charge in [0.25, 0.3) is 5.91 Å². The van der Waals surface area contributed by atoms with Crippen LogP contribution in [0.3, 0.4) is 0 Å². The van der Waals surface area contributed by atoms with Crippen molar-refractivity contribution in [2.24, 2.45) is 0 Å². The van der Waals surface area contributed by atoms with Gasteiger partial charge in [-0.1, -0.05) is 0 Å². The van der Waals surface area contributed by atoms with Crippen molar-refractivity contribution in [3.8, 4) is 0 Å². The monoisotopic (exact) mass is 254 g/mol. The maximum absolute atomic E-state index is 12.2. The van der Waals surface area contributed by atoms with E-state index in [0.717, 1.165) is 4.90 Å². The van der Waals surface area contributed by atoms with Crippen molar-refractivity contribution in [3.63, 3.8) is 0 Å². The lowest BCUT2D eigenvalue weighted by molar-refractivity contribution is -0.137. The molecule has 1 atom stereocenters. The molecule has 0 aromatic heterocycles. The Morgan fingerprint density at radius 3 is 2.78 bits per heavy atom. The molecule has 7 nitrogen and oxygen atoms in total. The Bertz CT molecular complexity index is 390. The molecule has 2 saturated heterocycles. The summed E-state index contributed by atoms with van der Waals surface area (Å²) in [5.74, 6) is -0.528. The third-order valence-corrected chi connectivity index (χ3v) is 3.59. The SMILES string of the molecule is CCN(C)C(=O)CN1C(=O)NC2(CCNC2)C1=O. The molecule has 18 heavy (non-hydrogen) atoms. The van der Waals surface area contributed by atoms with Crippen molar-refractivity contribution in [1.29, 1.82) is 0 Å². The Hall–Kier alpha value is -1.63. The van der Waals surface area contributed by atoms with Crippen molar-refractivity contribution >= 4 is 17.8 Å². The van der Waals surface area contributed by atoms with Crippen LogP contribution in [0.5, 0.6) is 0 Å². The molecule has 2 fully saturated rings. The van der Waals surface area contributed by atoms with E-state index in [1.165, 1.54) is 4.90 Å². The zero-order valence-corrected chi connectivity index (χ0v) is 10.7. The lowest BCUT2D eigenvalue weighted by atomic mass is 9.99. The number of likely N-dealkylation sites (N-methyl/N-ethyl adjacent to an activating group) is 1. The summed E-state index contributed by atoms with van der Waals surface area (Å²) in [5, 5.41) is 5.75. The van der Waals surface area contributed by atoms with E-state index in [-0.39, 0.29) is 18.4 Å². The Morgan fingerprint density at radius 2 is 2.22 bits per heavy atom. The molecule has 1 spiro atoms. The molecule has 2 rings (SSSR count). The second-order valence-corrected chi connectivity index (χ2v) is 4.74. The summed E-state index contributed by atoms with van der Waals surface area (Å²) in [7, 11) is 1.65. The van der Waals surface area contributed by atoms with Crippen LogP contribution in [0.2, 0.25) is 0 Å². The highest BCUT2D eigenvalue weighted by molar-refractivity contribution is 6.09. The Balaban J connectivity index is 2.08. The second kappa shape index (κ2) is 4.56. The number of urea groups is 1. The van der Waals surface area contributed by atoms with Gasteiger partial charge in [0.05, 0.1) is 0 Å². The highest BCUT2D eigenvalue weighted by atomic mass is 16.2. The fraction of sp³-hybridized carbons (Fsp3) is 0.727. The Morgan fingerprint density at radius 1 is 1.50 bits per heavy atom. The first-order valence-corrected chi connectivity index (χ1v) is 6.09. The van der Waals surface area contributed by atoms with Crippen LogP contribution in [-0.2, 0) is 9.59 Å². The summed E-state index contributed by atoms with van der Waals surface area (Å²) in [4.78, 5) is 38.3. The van der Waals surface area contributed by atoms with E-state index in [0.29, 0.717) is 26.1 Å². The summed E-state index contributed by atoms with van der Waals surface area (Å²) < 4.78 is 0. The van der Waals surface area contributed by atoms with Crippen molar-refractivity contribution < 1.29 is 14.4 Å². The quantitative estimate of drug-likeness (QED) is 0.617. The predicted molar refractivity (Wildman–Crippen MR) is 63.8 cm³/mol. The maximum atomic E-state index is 12.2. The first-order valence-electron chi connectivity index (χ1n) is 6.09. The minimum absolute atomic E-state index is 0.184. The van der Waals surface area contributed by atoms with Gasteiger partial charge in [-0.3, -0.25) is 14.5 Å². The number of nitrogens with zero attached hydrogens (tertiary/aromatic N) is 2. The lowest BCUT2D eigenvalue weighted by Gasteiger charge is -2.20. The molecule has 0 saturated carbocycles. The Labute approximate surface area is 105 Å². The molecular weight excluding hydrogens is 236 g/mol. The van der Waals surface area contributed by atoms with Gasteiger partial charge in [-0.25, -0.2) is 4.79 Å². The van der Waals surface area contributed by atoms with Gasteiger partial charge >= 0.3 is 6.03 Å². The van der Waals surface area contributed by atoms with Gasteiger partial charge in [0.15, 0.2) is 0 Å².